The number of carbonyl (C=O) groups excluding carboxylic acids is 2. The largest absolute Gasteiger partial charge is 0.466 e. The molecule has 2 atom stereocenters. The molecular formula is C69H133NO5. The zero-order valence-corrected chi connectivity index (χ0v) is 50.8. The molecule has 6 heteroatoms. The summed E-state index contributed by atoms with van der Waals surface area (Å²) in [4.78, 5) is 24.6. The number of aliphatic hydroxyl groups is 2. The molecule has 0 spiro atoms. The molecule has 0 aromatic rings. The summed E-state index contributed by atoms with van der Waals surface area (Å²) in [7, 11) is 0. The van der Waals surface area contributed by atoms with E-state index in [9.17, 15) is 19.8 Å². The van der Waals surface area contributed by atoms with Crippen molar-refractivity contribution in [2.45, 2.75) is 392 Å². The third-order valence-electron chi connectivity index (χ3n) is 16.0. The summed E-state index contributed by atoms with van der Waals surface area (Å²) in [5.41, 5.74) is 0. The van der Waals surface area contributed by atoms with Crippen LogP contribution in [0, 0.1) is 0 Å². The topological polar surface area (TPSA) is 95.9 Å². The van der Waals surface area contributed by atoms with Crippen LogP contribution in [0.4, 0.5) is 0 Å². The highest BCUT2D eigenvalue weighted by atomic mass is 16.5. The minimum absolute atomic E-state index is 0.00109. The van der Waals surface area contributed by atoms with Gasteiger partial charge in [-0.3, -0.25) is 9.59 Å². The van der Waals surface area contributed by atoms with Crippen LogP contribution in [0.25, 0.3) is 0 Å². The predicted octanol–water partition coefficient (Wildman–Crippen LogP) is 21.8. The lowest BCUT2D eigenvalue weighted by Gasteiger charge is -2.22. The van der Waals surface area contributed by atoms with Gasteiger partial charge in [-0.15, -0.1) is 0 Å². The highest BCUT2D eigenvalue weighted by molar-refractivity contribution is 5.76. The average molecular weight is 1060 g/mol. The van der Waals surface area contributed by atoms with Gasteiger partial charge in [-0.25, -0.2) is 0 Å². The van der Waals surface area contributed by atoms with Gasteiger partial charge in [0.2, 0.25) is 5.91 Å². The summed E-state index contributed by atoms with van der Waals surface area (Å²) in [6.45, 7) is 4.95. The molecule has 0 bridgehead atoms. The summed E-state index contributed by atoms with van der Waals surface area (Å²) >= 11 is 0. The van der Waals surface area contributed by atoms with Gasteiger partial charge in [0.1, 0.15) is 0 Å². The van der Waals surface area contributed by atoms with E-state index in [0.29, 0.717) is 25.9 Å². The van der Waals surface area contributed by atoms with Crippen molar-refractivity contribution in [3.8, 4) is 0 Å². The van der Waals surface area contributed by atoms with Crippen molar-refractivity contribution in [1.82, 2.24) is 5.32 Å². The molecule has 0 aliphatic rings. The molecule has 0 saturated heterocycles. The summed E-state index contributed by atoms with van der Waals surface area (Å²) in [6.07, 6.45) is 80.6. The van der Waals surface area contributed by atoms with Crippen molar-refractivity contribution in [3.05, 3.63) is 24.3 Å². The Labute approximate surface area is 469 Å². The number of ether oxygens (including phenoxy) is 1. The first-order chi connectivity index (χ1) is 37.0. The third kappa shape index (κ3) is 61.4. The van der Waals surface area contributed by atoms with E-state index in [-0.39, 0.29) is 18.5 Å². The van der Waals surface area contributed by atoms with Crippen molar-refractivity contribution in [3.63, 3.8) is 0 Å². The fourth-order valence-electron chi connectivity index (χ4n) is 10.8. The second-order valence-electron chi connectivity index (χ2n) is 23.5. The number of esters is 1. The Balaban J connectivity index is 3.39. The first-order valence-electron chi connectivity index (χ1n) is 34.1. The lowest BCUT2D eigenvalue weighted by molar-refractivity contribution is -0.143. The number of allylic oxidation sites excluding steroid dienone is 4. The normalized spacial score (nSPS) is 12.6. The number of aliphatic hydroxyl groups excluding tert-OH is 2. The van der Waals surface area contributed by atoms with Crippen LogP contribution >= 0.6 is 0 Å². The fraction of sp³-hybridized carbons (Fsp3) is 0.913. The van der Waals surface area contributed by atoms with Crippen LogP contribution < -0.4 is 5.32 Å². The zero-order chi connectivity index (χ0) is 54.3. The lowest BCUT2D eigenvalue weighted by Crippen LogP contribution is -2.45. The van der Waals surface area contributed by atoms with Gasteiger partial charge < -0.3 is 20.3 Å². The maximum Gasteiger partial charge on any atom is 0.305 e. The smallest absolute Gasteiger partial charge is 0.305 e. The number of carbonyl (C=O) groups is 2. The first-order valence-corrected chi connectivity index (χ1v) is 34.1. The second-order valence-corrected chi connectivity index (χ2v) is 23.5. The third-order valence-corrected chi connectivity index (χ3v) is 16.0. The molecule has 0 rings (SSSR count). The second kappa shape index (κ2) is 64.9. The molecule has 2 unspecified atom stereocenters. The molecule has 6 nitrogen and oxygen atoms in total. The standard InChI is InChI=1S/C69H133NO5/c1-3-5-7-9-11-13-15-17-19-20-21-22-24-27-30-34-37-41-45-49-53-57-61-67(72)66(65-71)70-68(73)62-58-54-50-46-42-38-35-31-28-25-23-26-29-32-36-40-44-48-52-56-60-64-75-69(74)63-59-55-51-47-43-39-33-18-16-14-12-10-8-6-4-2/h12,14,18,33,66-67,71-72H,3-11,13,15-17,19-32,34-65H2,1-2H3,(H,70,73)/b14-12-,33-18-. The Morgan fingerprint density at radius 2 is 0.667 bits per heavy atom. The van der Waals surface area contributed by atoms with Crippen molar-refractivity contribution in [1.29, 1.82) is 0 Å². The fourth-order valence-corrected chi connectivity index (χ4v) is 10.8. The highest BCUT2D eigenvalue weighted by Gasteiger charge is 2.20. The molecule has 0 aromatic carbocycles. The average Bonchev–Trinajstić information content (AvgIpc) is 3.41. The molecule has 0 saturated carbocycles. The molecule has 75 heavy (non-hydrogen) atoms. The number of rotatable bonds is 64. The molecule has 1 amide bonds. The Morgan fingerprint density at radius 3 is 1.04 bits per heavy atom. The van der Waals surface area contributed by atoms with Gasteiger partial charge in [0.15, 0.2) is 0 Å². The van der Waals surface area contributed by atoms with Crippen molar-refractivity contribution in [2.24, 2.45) is 0 Å². The van der Waals surface area contributed by atoms with E-state index in [4.69, 9.17) is 4.74 Å². The summed E-state index contributed by atoms with van der Waals surface area (Å²) in [5.74, 6) is -0.0330. The van der Waals surface area contributed by atoms with Crippen LogP contribution in [0.5, 0.6) is 0 Å². The molecular weight excluding hydrogens is 923 g/mol. The van der Waals surface area contributed by atoms with Crippen LogP contribution in [-0.2, 0) is 14.3 Å². The minimum atomic E-state index is -0.666. The minimum Gasteiger partial charge on any atom is -0.466 e. The van der Waals surface area contributed by atoms with Gasteiger partial charge in [-0.05, 0) is 57.8 Å². The number of nitrogens with one attached hydrogen (secondary N) is 1. The summed E-state index contributed by atoms with van der Waals surface area (Å²) in [6, 6.07) is -0.543. The monoisotopic (exact) mass is 1060 g/mol. The summed E-state index contributed by atoms with van der Waals surface area (Å²) < 4.78 is 5.48. The quantitative estimate of drug-likeness (QED) is 0.0320. The number of amides is 1. The van der Waals surface area contributed by atoms with E-state index in [1.54, 1.807) is 0 Å². The van der Waals surface area contributed by atoms with Gasteiger partial charge in [0.05, 0.1) is 25.4 Å². The van der Waals surface area contributed by atoms with Gasteiger partial charge >= 0.3 is 5.97 Å². The molecule has 0 fully saturated rings. The van der Waals surface area contributed by atoms with Crippen LogP contribution in [0.1, 0.15) is 380 Å². The van der Waals surface area contributed by atoms with Gasteiger partial charge in [0.25, 0.3) is 0 Å². The van der Waals surface area contributed by atoms with Crippen LogP contribution in [-0.4, -0.2) is 47.4 Å². The van der Waals surface area contributed by atoms with Gasteiger partial charge in [-0.2, -0.15) is 0 Å². The zero-order valence-electron chi connectivity index (χ0n) is 50.8. The van der Waals surface area contributed by atoms with E-state index in [2.05, 4.69) is 43.5 Å². The molecule has 444 valence electrons. The Morgan fingerprint density at radius 1 is 0.373 bits per heavy atom. The van der Waals surface area contributed by atoms with Crippen LogP contribution in [0.3, 0.4) is 0 Å². The summed E-state index contributed by atoms with van der Waals surface area (Å²) in [5, 5.41) is 23.4. The SMILES string of the molecule is CCCCC/C=C\C/C=C\CCCCCCCC(=O)OCCCCCCCCCCCCCCCCCCCCCCCC(=O)NC(CO)C(O)CCCCCCCCCCCCCCCCCCCCCCCC. The molecule has 0 heterocycles. The molecule has 0 radical (unpaired) electrons. The maximum absolute atomic E-state index is 12.5. The van der Waals surface area contributed by atoms with Gasteiger partial charge in [0, 0.05) is 12.8 Å². The lowest BCUT2D eigenvalue weighted by atomic mass is 10.0. The van der Waals surface area contributed by atoms with Crippen molar-refractivity contribution >= 4 is 11.9 Å². The Hall–Kier alpha value is -1.66. The number of unbranched alkanes of at least 4 members (excludes halogenated alkanes) is 49. The Bertz CT molecular complexity index is 1170. The van der Waals surface area contributed by atoms with Crippen LogP contribution in [0.15, 0.2) is 24.3 Å². The van der Waals surface area contributed by atoms with E-state index in [1.807, 2.05) is 0 Å². The van der Waals surface area contributed by atoms with E-state index in [1.165, 1.54) is 295 Å². The highest BCUT2D eigenvalue weighted by Crippen LogP contribution is 2.19. The number of hydrogen-bond donors (Lipinski definition) is 3. The van der Waals surface area contributed by atoms with Crippen molar-refractivity contribution in [2.75, 3.05) is 13.2 Å². The molecule has 0 aromatic heterocycles. The molecule has 3 N–H and O–H groups in total. The Kier molecular flexibility index (Phi) is 63.4. The predicted molar refractivity (Wildman–Crippen MR) is 329 cm³/mol. The van der Waals surface area contributed by atoms with E-state index < -0.39 is 12.1 Å². The number of hydrogen-bond acceptors (Lipinski definition) is 5. The van der Waals surface area contributed by atoms with Crippen LogP contribution in [0.2, 0.25) is 0 Å². The molecule has 0 aliphatic carbocycles. The van der Waals surface area contributed by atoms with Crippen molar-refractivity contribution < 1.29 is 24.5 Å². The maximum atomic E-state index is 12.5. The van der Waals surface area contributed by atoms with Gasteiger partial charge in [-0.1, -0.05) is 334 Å². The first kappa shape index (κ1) is 73.3. The molecule has 0 aliphatic heterocycles. The van der Waals surface area contributed by atoms with E-state index >= 15 is 0 Å². The van der Waals surface area contributed by atoms with E-state index in [0.717, 1.165) is 51.4 Å².